The second-order valence-corrected chi connectivity index (χ2v) is 8.07. The minimum Gasteiger partial charge on any atom is -0.450 e. The van der Waals surface area contributed by atoms with Crippen LogP contribution >= 0.6 is 0 Å². The first-order chi connectivity index (χ1) is 15.6. The van der Waals surface area contributed by atoms with Gasteiger partial charge in [0.05, 0.1) is 0 Å². The Balaban J connectivity index is 1.56. The van der Waals surface area contributed by atoms with Crippen molar-refractivity contribution in [3.05, 3.63) is 107 Å². The molecule has 1 aliphatic carbocycles. The fraction of sp³-hybridized carbons (Fsp3) is 0.259. The van der Waals surface area contributed by atoms with Crippen LogP contribution in [-0.2, 0) is 26.4 Å². The van der Waals surface area contributed by atoms with E-state index in [0.29, 0.717) is 30.5 Å². The van der Waals surface area contributed by atoms with E-state index in [1.807, 2.05) is 60.7 Å². The average Bonchev–Trinajstić information content (AvgIpc) is 2.83. The van der Waals surface area contributed by atoms with Crippen molar-refractivity contribution in [3.63, 3.8) is 0 Å². The van der Waals surface area contributed by atoms with Crippen LogP contribution in [0.5, 0.6) is 0 Å². The number of oxime groups is 1. The van der Waals surface area contributed by atoms with Gasteiger partial charge in [0.15, 0.2) is 0 Å². The summed E-state index contributed by atoms with van der Waals surface area (Å²) in [6.45, 7) is 0. The third-order valence-corrected chi connectivity index (χ3v) is 5.91. The van der Waals surface area contributed by atoms with Crippen LogP contribution in [0.15, 0.2) is 101 Å². The highest BCUT2D eigenvalue weighted by atomic mass is 16.6. The number of ether oxygens (including phenoxy) is 1. The summed E-state index contributed by atoms with van der Waals surface area (Å²) in [4.78, 5) is 17.9. The smallest absolute Gasteiger partial charge is 0.334 e. The van der Waals surface area contributed by atoms with E-state index in [1.165, 1.54) is 12.7 Å². The number of nitrogens with zero attached hydrogens (tertiary/aromatic N) is 1. The van der Waals surface area contributed by atoms with Crippen molar-refractivity contribution in [2.45, 2.75) is 37.4 Å². The average molecular weight is 430 g/mol. The number of esters is 1. The van der Waals surface area contributed by atoms with Gasteiger partial charge in [-0.25, -0.2) is 4.79 Å². The molecule has 0 radical (unpaired) electrons. The van der Waals surface area contributed by atoms with Gasteiger partial charge < -0.3 is 14.7 Å². The molecule has 4 rings (SSSR count). The monoisotopic (exact) mass is 429 g/mol. The Morgan fingerprint density at radius 2 is 1.84 bits per heavy atom. The molecule has 32 heavy (non-hydrogen) atoms. The zero-order chi connectivity index (χ0) is 22.4. The molecule has 0 spiro atoms. The second-order valence-electron chi connectivity index (χ2n) is 8.07. The number of cyclic esters (lactones) is 1. The minimum absolute atomic E-state index is 0.307. The number of benzene rings is 2. The van der Waals surface area contributed by atoms with Gasteiger partial charge in [-0.1, -0.05) is 78.0 Å². The number of carbonyl (C=O) groups is 1. The van der Waals surface area contributed by atoms with E-state index in [9.17, 15) is 9.90 Å². The van der Waals surface area contributed by atoms with E-state index in [-0.39, 0.29) is 5.97 Å². The first kappa shape index (κ1) is 21.8. The molecule has 1 heterocycles. The highest BCUT2D eigenvalue weighted by Crippen LogP contribution is 2.40. The maximum Gasteiger partial charge on any atom is 0.334 e. The minimum atomic E-state index is -0.810. The molecule has 5 heteroatoms. The van der Waals surface area contributed by atoms with Crippen LogP contribution in [0.1, 0.15) is 30.4 Å². The van der Waals surface area contributed by atoms with Gasteiger partial charge >= 0.3 is 5.97 Å². The lowest BCUT2D eigenvalue weighted by Crippen LogP contribution is -2.36. The molecular formula is C27H27NO4. The van der Waals surface area contributed by atoms with Gasteiger partial charge in [-0.15, -0.1) is 0 Å². The zero-order valence-electron chi connectivity index (χ0n) is 18.1. The Labute approximate surface area is 188 Å². The lowest BCUT2D eigenvalue weighted by Gasteiger charge is -2.37. The normalized spacial score (nSPS) is 24.0. The lowest BCUT2D eigenvalue weighted by molar-refractivity contribution is -0.159. The summed E-state index contributed by atoms with van der Waals surface area (Å²) in [5.74, 6) is -0.307. The molecule has 1 aliphatic heterocycles. The van der Waals surface area contributed by atoms with Gasteiger partial charge in [-0.05, 0) is 41.7 Å². The predicted molar refractivity (Wildman–Crippen MR) is 124 cm³/mol. The Bertz CT molecular complexity index is 1070. The molecule has 0 bridgehead atoms. The molecule has 0 saturated heterocycles. The van der Waals surface area contributed by atoms with Crippen molar-refractivity contribution in [2.75, 3.05) is 7.11 Å². The van der Waals surface area contributed by atoms with Gasteiger partial charge in [0.25, 0.3) is 0 Å². The largest absolute Gasteiger partial charge is 0.450 e. The standard InChI is InChI=1S/C27H27NO4/c1-31-28-24-19-21(12-13-25(24)29)18-22-15-17-27(32-26(22)30,23-10-6-3-7-11-23)16-14-20-8-4-2-5-9-20/h2-13,15,19,25,29H,14,16-18H2,1H3. The van der Waals surface area contributed by atoms with Crippen molar-refractivity contribution >= 4 is 11.7 Å². The molecule has 164 valence electrons. The van der Waals surface area contributed by atoms with Crippen molar-refractivity contribution in [1.82, 2.24) is 0 Å². The molecule has 2 aliphatic rings. The van der Waals surface area contributed by atoms with Crippen LogP contribution in [0, 0.1) is 0 Å². The van der Waals surface area contributed by atoms with Gasteiger partial charge in [0.1, 0.15) is 24.5 Å². The summed E-state index contributed by atoms with van der Waals surface area (Å²) in [5, 5.41) is 13.8. The highest BCUT2D eigenvalue weighted by molar-refractivity contribution is 6.01. The number of aliphatic hydroxyl groups is 1. The summed E-state index contributed by atoms with van der Waals surface area (Å²) in [5.41, 5.74) is 3.43. The molecule has 2 aromatic rings. The van der Waals surface area contributed by atoms with Crippen LogP contribution < -0.4 is 0 Å². The van der Waals surface area contributed by atoms with Crippen LogP contribution in [0.4, 0.5) is 0 Å². The van der Waals surface area contributed by atoms with E-state index in [2.05, 4.69) is 17.3 Å². The number of aliphatic hydroxyl groups excluding tert-OH is 1. The summed E-state index contributed by atoms with van der Waals surface area (Å²) in [6.07, 6.45) is 8.92. The van der Waals surface area contributed by atoms with Crippen LogP contribution in [0.25, 0.3) is 0 Å². The van der Waals surface area contributed by atoms with E-state index in [1.54, 1.807) is 12.2 Å². The fourth-order valence-corrected chi connectivity index (χ4v) is 4.16. The Morgan fingerprint density at radius 1 is 1.12 bits per heavy atom. The van der Waals surface area contributed by atoms with Crippen molar-refractivity contribution in [2.24, 2.45) is 5.16 Å². The maximum absolute atomic E-state index is 13.1. The third-order valence-electron chi connectivity index (χ3n) is 5.91. The first-order valence-electron chi connectivity index (χ1n) is 10.8. The number of carbonyl (C=O) groups excluding carboxylic acids is 1. The van der Waals surface area contributed by atoms with Crippen molar-refractivity contribution < 1.29 is 19.5 Å². The molecular weight excluding hydrogens is 402 g/mol. The quantitative estimate of drug-likeness (QED) is 0.514. The Kier molecular flexibility index (Phi) is 6.66. The third kappa shape index (κ3) is 4.89. The Morgan fingerprint density at radius 3 is 2.53 bits per heavy atom. The summed E-state index contributed by atoms with van der Waals surface area (Å²) < 4.78 is 6.17. The molecule has 0 aromatic heterocycles. The summed E-state index contributed by atoms with van der Waals surface area (Å²) in [7, 11) is 1.44. The lowest BCUT2D eigenvalue weighted by atomic mass is 9.82. The fourth-order valence-electron chi connectivity index (χ4n) is 4.16. The maximum atomic E-state index is 13.1. The van der Waals surface area contributed by atoms with E-state index < -0.39 is 11.7 Å². The van der Waals surface area contributed by atoms with E-state index in [0.717, 1.165) is 17.6 Å². The molecule has 2 aromatic carbocycles. The van der Waals surface area contributed by atoms with Crippen molar-refractivity contribution in [3.8, 4) is 0 Å². The van der Waals surface area contributed by atoms with Crippen LogP contribution in [-0.4, -0.2) is 30.0 Å². The van der Waals surface area contributed by atoms with Gasteiger partial charge in [-0.3, -0.25) is 0 Å². The van der Waals surface area contributed by atoms with Crippen molar-refractivity contribution in [1.29, 1.82) is 0 Å². The first-order valence-corrected chi connectivity index (χ1v) is 10.8. The van der Waals surface area contributed by atoms with E-state index in [4.69, 9.17) is 9.57 Å². The molecule has 1 N–H and O–H groups in total. The molecule has 0 fully saturated rings. The van der Waals surface area contributed by atoms with Gasteiger partial charge in [0.2, 0.25) is 0 Å². The number of hydrogen-bond donors (Lipinski definition) is 1. The van der Waals surface area contributed by atoms with Crippen LogP contribution in [0.2, 0.25) is 0 Å². The van der Waals surface area contributed by atoms with Gasteiger partial charge in [-0.2, -0.15) is 0 Å². The second kappa shape index (κ2) is 9.79. The molecule has 0 saturated carbocycles. The van der Waals surface area contributed by atoms with E-state index >= 15 is 0 Å². The number of aryl methyl sites for hydroxylation is 1. The predicted octanol–water partition coefficient (Wildman–Crippen LogP) is 4.64. The number of allylic oxidation sites excluding steroid dienone is 2. The summed E-state index contributed by atoms with van der Waals surface area (Å²) in [6, 6.07) is 20.2. The number of hydrogen-bond acceptors (Lipinski definition) is 5. The topological polar surface area (TPSA) is 68.1 Å². The van der Waals surface area contributed by atoms with Gasteiger partial charge in [0, 0.05) is 18.4 Å². The number of rotatable bonds is 7. The highest BCUT2D eigenvalue weighted by Gasteiger charge is 2.39. The molecule has 5 nitrogen and oxygen atoms in total. The molecule has 2 unspecified atom stereocenters. The SMILES string of the molecule is CON=C1C=C(CC2=CCC(CCc3ccccc3)(c3ccccc3)OC2=O)C=CC1O. The Hall–Kier alpha value is -3.44. The molecule has 0 amide bonds. The summed E-state index contributed by atoms with van der Waals surface area (Å²) >= 11 is 0. The molecule has 2 atom stereocenters. The zero-order valence-corrected chi connectivity index (χ0v) is 18.1. The van der Waals surface area contributed by atoms with Crippen LogP contribution in [0.3, 0.4) is 0 Å².